The molecule has 0 unspecified atom stereocenters. The van der Waals surface area contributed by atoms with Crippen molar-refractivity contribution in [3.8, 4) is 0 Å². The van der Waals surface area contributed by atoms with Gasteiger partial charge in [-0.05, 0) is 12.1 Å². The molecule has 0 aliphatic carbocycles. The highest BCUT2D eigenvalue weighted by atomic mass is 35.7. The lowest BCUT2D eigenvalue weighted by Gasteiger charge is -2.02. The summed E-state index contributed by atoms with van der Waals surface area (Å²) >= 11 is 0. The minimum atomic E-state index is -3.85. The lowest BCUT2D eigenvalue weighted by Crippen LogP contribution is -2.07. The second-order valence-electron chi connectivity index (χ2n) is 2.92. The van der Waals surface area contributed by atoms with E-state index in [1.165, 1.54) is 6.20 Å². The Kier molecular flexibility index (Phi) is 2.62. The number of nitrogens with zero attached hydrogens (tertiary/aromatic N) is 2. The Labute approximate surface area is 91.1 Å². The summed E-state index contributed by atoms with van der Waals surface area (Å²) in [5.74, 6) is 0. The fourth-order valence-electron chi connectivity index (χ4n) is 1.30. The first-order chi connectivity index (χ1) is 7.09. The van der Waals surface area contributed by atoms with Crippen LogP contribution in [0.3, 0.4) is 0 Å². The van der Waals surface area contributed by atoms with Crippen molar-refractivity contribution in [2.45, 2.75) is 11.4 Å². The molecule has 1 aliphatic heterocycles. The molecule has 80 valence electrons. The Balaban J connectivity index is 2.56. The molecule has 2 heterocycles. The molecule has 0 radical (unpaired) electrons. The van der Waals surface area contributed by atoms with E-state index in [0.29, 0.717) is 24.3 Å². The largest absolute Gasteiger partial charge is 0.395 e. The number of hydrogen-bond acceptors (Lipinski definition) is 5. The molecule has 1 aromatic rings. The van der Waals surface area contributed by atoms with E-state index in [0.717, 1.165) is 0 Å². The van der Waals surface area contributed by atoms with Crippen LogP contribution in [0.5, 0.6) is 0 Å². The molecule has 7 heteroatoms. The van der Waals surface area contributed by atoms with E-state index in [9.17, 15) is 8.42 Å². The van der Waals surface area contributed by atoms with Gasteiger partial charge in [0.15, 0.2) is 5.03 Å². The molecule has 15 heavy (non-hydrogen) atoms. The SMILES string of the molecule is O=S(=O)(Cl)c1ncccc1C1=NOCC1. The van der Waals surface area contributed by atoms with Gasteiger partial charge in [0.25, 0.3) is 9.05 Å². The molecule has 0 atom stereocenters. The maximum absolute atomic E-state index is 11.2. The molecule has 0 N–H and O–H groups in total. The van der Waals surface area contributed by atoms with Crippen molar-refractivity contribution in [1.29, 1.82) is 0 Å². The van der Waals surface area contributed by atoms with E-state index >= 15 is 0 Å². The van der Waals surface area contributed by atoms with Crippen molar-refractivity contribution in [2.24, 2.45) is 5.16 Å². The Hall–Kier alpha value is -1.14. The van der Waals surface area contributed by atoms with Crippen molar-refractivity contribution in [1.82, 2.24) is 4.98 Å². The molecule has 0 fully saturated rings. The zero-order valence-corrected chi connectivity index (χ0v) is 9.12. The third-order valence-corrected chi connectivity index (χ3v) is 3.14. The average molecular weight is 247 g/mol. The van der Waals surface area contributed by atoms with Gasteiger partial charge in [-0.3, -0.25) is 0 Å². The van der Waals surface area contributed by atoms with Gasteiger partial charge >= 0.3 is 0 Å². The first kappa shape index (κ1) is 10.4. The number of rotatable bonds is 2. The highest BCUT2D eigenvalue weighted by Crippen LogP contribution is 2.20. The van der Waals surface area contributed by atoms with Gasteiger partial charge in [0, 0.05) is 28.9 Å². The predicted molar refractivity (Wildman–Crippen MR) is 54.4 cm³/mol. The van der Waals surface area contributed by atoms with Gasteiger partial charge in [-0.2, -0.15) is 0 Å². The summed E-state index contributed by atoms with van der Waals surface area (Å²) in [5, 5.41) is 3.56. The average Bonchev–Trinajstić information content (AvgIpc) is 2.69. The van der Waals surface area contributed by atoms with Crippen LogP contribution < -0.4 is 0 Å². The molecule has 2 rings (SSSR count). The van der Waals surface area contributed by atoms with Gasteiger partial charge in [-0.1, -0.05) is 5.16 Å². The Morgan fingerprint density at radius 3 is 2.87 bits per heavy atom. The Morgan fingerprint density at radius 2 is 2.27 bits per heavy atom. The number of halogens is 1. The van der Waals surface area contributed by atoms with Crippen LogP contribution >= 0.6 is 10.7 Å². The van der Waals surface area contributed by atoms with E-state index in [1.807, 2.05) is 0 Å². The van der Waals surface area contributed by atoms with Crippen molar-refractivity contribution in [3.05, 3.63) is 23.9 Å². The van der Waals surface area contributed by atoms with E-state index < -0.39 is 9.05 Å². The molecule has 1 aliphatic rings. The molecule has 0 amide bonds. The maximum atomic E-state index is 11.2. The normalized spacial score (nSPS) is 15.9. The van der Waals surface area contributed by atoms with Crippen LogP contribution in [-0.2, 0) is 13.9 Å². The van der Waals surface area contributed by atoms with Gasteiger partial charge in [0.05, 0.1) is 5.71 Å². The predicted octanol–water partition coefficient (Wildman–Crippen LogP) is 1.13. The second kappa shape index (κ2) is 3.79. The van der Waals surface area contributed by atoms with Crippen molar-refractivity contribution < 1.29 is 13.3 Å². The standard InChI is InChI=1S/C8H7ClN2O3S/c9-15(12,13)8-6(2-1-4-10-8)7-3-5-14-11-7/h1-2,4H,3,5H2. The summed E-state index contributed by atoms with van der Waals surface area (Å²) in [6.45, 7) is 0.450. The quantitative estimate of drug-likeness (QED) is 0.734. The van der Waals surface area contributed by atoms with Gasteiger partial charge in [0.1, 0.15) is 6.61 Å². The van der Waals surface area contributed by atoms with Crippen LogP contribution in [0.15, 0.2) is 28.5 Å². The number of aromatic nitrogens is 1. The topological polar surface area (TPSA) is 68.6 Å². The molecular formula is C8H7ClN2O3S. The maximum Gasteiger partial charge on any atom is 0.279 e. The summed E-state index contributed by atoms with van der Waals surface area (Å²) in [6, 6.07) is 3.23. The van der Waals surface area contributed by atoms with Crippen molar-refractivity contribution >= 4 is 25.4 Å². The monoisotopic (exact) mass is 246 g/mol. The van der Waals surface area contributed by atoms with Gasteiger partial charge in [-0.25, -0.2) is 13.4 Å². The van der Waals surface area contributed by atoms with Crippen LogP contribution in [-0.4, -0.2) is 25.7 Å². The molecular weight excluding hydrogens is 240 g/mol. The first-order valence-corrected chi connectivity index (χ1v) is 6.49. The van der Waals surface area contributed by atoms with Crippen molar-refractivity contribution in [2.75, 3.05) is 6.61 Å². The van der Waals surface area contributed by atoms with E-state index in [2.05, 4.69) is 10.1 Å². The summed E-state index contributed by atoms with van der Waals surface area (Å²) in [4.78, 5) is 8.54. The molecule has 0 saturated carbocycles. The molecule has 0 bridgehead atoms. The van der Waals surface area contributed by atoms with Crippen LogP contribution in [0, 0.1) is 0 Å². The zero-order valence-electron chi connectivity index (χ0n) is 7.55. The highest BCUT2D eigenvalue weighted by molar-refractivity contribution is 8.13. The lowest BCUT2D eigenvalue weighted by atomic mass is 10.1. The van der Waals surface area contributed by atoms with E-state index in [4.69, 9.17) is 15.5 Å². The third kappa shape index (κ3) is 2.10. The third-order valence-electron chi connectivity index (χ3n) is 1.92. The number of hydrogen-bond donors (Lipinski definition) is 0. The molecule has 5 nitrogen and oxygen atoms in total. The molecule has 0 aromatic carbocycles. The molecule has 0 saturated heterocycles. The lowest BCUT2D eigenvalue weighted by molar-refractivity contribution is 0.174. The Morgan fingerprint density at radius 1 is 1.47 bits per heavy atom. The number of pyridine rings is 1. The minimum Gasteiger partial charge on any atom is -0.395 e. The van der Waals surface area contributed by atoms with Crippen LogP contribution in [0.4, 0.5) is 0 Å². The van der Waals surface area contributed by atoms with Gasteiger partial charge in [-0.15, -0.1) is 0 Å². The summed E-state index contributed by atoms with van der Waals surface area (Å²) < 4.78 is 22.4. The molecule has 0 spiro atoms. The van der Waals surface area contributed by atoms with Crippen molar-refractivity contribution in [3.63, 3.8) is 0 Å². The van der Waals surface area contributed by atoms with Gasteiger partial charge in [0.2, 0.25) is 0 Å². The summed E-state index contributed by atoms with van der Waals surface area (Å²) in [7, 11) is 1.41. The van der Waals surface area contributed by atoms with Crippen LogP contribution in [0.1, 0.15) is 12.0 Å². The van der Waals surface area contributed by atoms with Gasteiger partial charge < -0.3 is 4.84 Å². The summed E-state index contributed by atoms with van der Waals surface area (Å²) in [5.41, 5.74) is 0.965. The second-order valence-corrected chi connectivity index (χ2v) is 5.40. The molecule has 1 aromatic heterocycles. The van der Waals surface area contributed by atoms with Crippen LogP contribution in [0.2, 0.25) is 0 Å². The van der Waals surface area contributed by atoms with Crippen LogP contribution in [0.25, 0.3) is 0 Å². The van der Waals surface area contributed by atoms with E-state index in [1.54, 1.807) is 12.1 Å². The Bertz CT molecular complexity index is 512. The zero-order chi connectivity index (χ0) is 10.9. The smallest absolute Gasteiger partial charge is 0.279 e. The number of oxime groups is 1. The fourth-order valence-corrected chi connectivity index (χ4v) is 2.30. The van der Waals surface area contributed by atoms with E-state index in [-0.39, 0.29) is 5.03 Å². The summed E-state index contributed by atoms with van der Waals surface area (Å²) in [6.07, 6.45) is 1.93. The minimum absolute atomic E-state index is 0.170. The highest BCUT2D eigenvalue weighted by Gasteiger charge is 2.22. The fraction of sp³-hybridized carbons (Fsp3) is 0.250. The first-order valence-electron chi connectivity index (χ1n) is 4.18.